The largest absolute Gasteiger partial charge is 0.493 e. The number of amides is 1. The highest BCUT2D eigenvalue weighted by molar-refractivity contribution is 7.92. The van der Waals surface area contributed by atoms with E-state index in [4.69, 9.17) is 21.1 Å². The minimum Gasteiger partial charge on any atom is -0.493 e. The van der Waals surface area contributed by atoms with Crippen LogP contribution in [0.15, 0.2) is 71.6 Å². The Hall–Kier alpha value is -3.23. The molecule has 1 amide bonds. The maximum Gasteiger partial charge on any atom is 0.261 e. The van der Waals surface area contributed by atoms with Crippen LogP contribution in [0.2, 0.25) is 5.02 Å². The van der Waals surface area contributed by atoms with E-state index in [1.54, 1.807) is 42.5 Å². The average molecular weight is 447 g/mol. The lowest BCUT2D eigenvalue weighted by molar-refractivity contribution is 0.102. The second-order valence-corrected chi connectivity index (χ2v) is 8.28. The van der Waals surface area contributed by atoms with E-state index in [-0.39, 0.29) is 4.90 Å². The Labute approximate surface area is 179 Å². The van der Waals surface area contributed by atoms with Crippen LogP contribution in [0, 0.1) is 0 Å². The van der Waals surface area contributed by atoms with Crippen molar-refractivity contribution in [2.45, 2.75) is 4.90 Å². The number of carbonyl (C=O) groups is 1. The minimum atomic E-state index is -3.80. The van der Waals surface area contributed by atoms with Crippen LogP contribution in [0.4, 0.5) is 11.4 Å². The second-order valence-electron chi connectivity index (χ2n) is 6.16. The number of anilines is 2. The van der Waals surface area contributed by atoms with E-state index < -0.39 is 15.9 Å². The van der Waals surface area contributed by atoms with Gasteiger partial charge >= 0.3 is 0 Å². The Morgan fingerprint density at radius 3 is 2.03 bits per heavy atom. The molecule has 0 bridgehead atoms. The van der Waals surface area contributed by atoms with Gasteiger partial charge in [0.05, 0.1) is 19.1 Å². The van der Waals surface area contributed by atoms with Crippen LogP contribution >= 0.6 is 11.6 Å². The molecule has 0 fully saturated rings. The summed E-state index contributed by atoms with van der Waals surface area (Å²) in [7, 11) is -0.777. The van der Waals surface area contributed by atoms with Crippen LogP contribution in [0.25, 0.3) is 0 Å². The van der Waals surface area contributed by atoms with Crippen LogP contribution in [0.5, 0.6) is 11.5 Å². The number of methoxy groups -OCH3 is 2. The molecule has 3 rings (SSSR count). The first-order valence-electron chi connectivity index (χ1n) is 8.74. The highest BCUT2D eigenvalue weighted by Gasteiger charge is 2.16. The Morgan fingerprint density at radius 2 is 1.43 bits per heavy atom. The Balaban J connectivity index is 1.73. The molecule has 3 aromatic rings. The van der Waals surface area contributed by atoms with Crippen LogP contribution in [-0.2, 0) is 10.0 Å². The predicted molar refractivity (Wildman–Crippen MR) is 116 cm³/mol. The highest BCUT2D eigenvalue weighted by atomic mass is 35.5. The summed E-state index contributed by atoms with van der Waals surface area (Å²) in [5, 5.41) is 3.24. The summed E-state index contributed by atoms with van der Waals surface area (Å²) in [4.78, 5) is 12.5. The number of halogens is 1. The fourth-order valence-corrected chi connectivity index (χ4v) is 3.82. The third kappa shape index (κ3) is 5.03. The van der Waals surface area contributed by atoms with Crippen LogP contribution < -0.4 is 19.5 Å². The van der Waals surface area contributed by atoms with Crippen molar-refractivity contribution in [2.24, 2.45) is 0 Å². The maximum absolute atomic E-state index is 12.5. The predicted octanol–water partition coefficient (Wildman–Crippen LogP) is 4.41. The number of carbonyl (C=O) groups excluding carboxylic acids is 1. The van der Waals surface area contributed by atoms with Crippen molar-refractivity contribution < 1.29 is 22.7 Å². The SMILES string of the molecule is COc1ccc(NC(=O)c2ccc(S(=O)(=O)Nc3ccc(Cl)cc3)cc2)cc1OC. The summed E-state index contributed by atoms with van der Waals surface area (Å²) in [6.07, 6.45) is 0. The molecule has 0 saturated carbocycles. The third-order valence-corrected chi connectivity index (χ3v) is 5.81. The van der Waals surface area contributed by atoms with Crippen molar-refractivity contribution in [3.8, 4) is 11.5 Å². The summed E-state index contributed by atoms with van der Waals surface area (Å²) in [6.45, 7) is 0. The molecule has 30 heavy (non-hydrogen) atoms. The van der Waals surface area contributed by atoms with Gasteiger partial charge in [-0.25, -0.2) is 8.42 Å². The fraction of sp³-hybridized carbons (Fsp3) is 0.0952. The van der Waals surface area contributed by atoms with E-state index in [0.717, 1.165) is 0 Å². The molecule has 0 atom stereocenters. The highest BCUT2D eigenvalue weighted by Crippen LogP contribution is 2.30. The molecule has 0 aliphatic carbocycles. The molecule has 0 radical (unpaired) electrons. The first kappa shape index (κ1) is 21.5. The summed E-state index contributed by atoms with van der Waals surface area (Å²) in [5.41, 5.74) is 1.20. The van der Waals surface area contributed by atoms with Gasteiger partial charge in [-0.3, -0.25) is 9.52 Å². The van der Waals surface area contributed by atoms with Gasteiger partial charge in [-0.1, -0.05) is 11.6 Å². The summed E-state index contributed by atoms with van der Waals surface area (Å²) in [6, 6.07) is 16.9. The zero-order valence-corrected chi connectivity index (χ0v) is 17.8. The average Bonchev–Trinajstić information content (AvgIpc) is 2.75. The smallest absolute Gasteiger partial charge is 0.261 e. The Kier molecular flexibility index (Phi) is 6.49. The second kappa shape index (κ2) is 9.06. The van der Waals surface area contributed by atoms with E-state index in [0.29, 0.717) is 33.5 Å². The molecule has 0 saturated heterocycles. The molecule has 2 N–H and O–H groups in total. The molecule has 7 nitrogen and oxygen atoms in total. The topological polar surface area (TPSA) is 93.7 Å². The normalized spacial score (nSPS) is 10.9. The standard InChI is InChI=1S/C21H19ClN2O5S/c1-28-19-12-9-17(13-20(19)29-2)23-21(25)14-3-10-18(11-4-14)30(26,27)24-16-7-5-15(22)6-8-16/h3-13,24H,1-2H3,(H,23,25). The third-order valence-electron chi connectivity index (χ3n) is 4.16. The lowest BCUT2D eigenvalue weighted by Gasteiger charge is -2.11. The molecule has 0 spiro atoms. The van der Waals surface area contributed by atoms with Crippen molar-refractivity contribution in [2.75, 3.05) is 24.3 Å². The van der Waals surface area contributed by atoms with Crippen LogP contribution in [0.3, 0.4) is 0 Å². The van der Waals surface area contributed by atoms with Crippen molar-refractivity contribution in [1.29, 1.82) is 0 Å². The van der Waals surface area contributed by atoms with E-state index in [9.17, 15) is 13.2 Å². The van der Waals surface area contributed by atoms with Crippen molar-refractivity contribution in [3.05, 3.63) is 77.3 Å². The maximum atomic E-state index is 12.5. The number of hydrogen-bond donors (Lipinski definition) is 2. The van der Waals surface area contributed by atoms with Gasteiger partial charge in [0.2, 0.25) is 0 Å². The number of benzene rings is 3. The van der Waals surface area contributed by atoms with Gasteiger partial charge in [-0.2, -0.15) is 0 Å². The van der Waals surface area contributed by atoms with Gasteiger partial charge < -0.3 is 14.8 Å². The lowest BCUT2D eigenvalue weighted by atomic mass is 10.2. The molecule has 0 aliphatic rings. The number of nitrogens with one attached hydrogen (secondary N) is 2. The molecule has 0 aliphatic heterocycles. The number of sulfonamides is 1. The molecule has 3 aromatic carbocycles. The molecule has 156 valence electrons. The summed E-state index contributed by atoms with van der Waals surface area (Å²) in [5.74, 6) is 0.625. The van der Waals surface area contributed by atoms with Crippen molar-refractivity contribution >= 4 is 38.9 Å². The molecule has 0 heterocycles. The zero-order chi connectivity index (χ0) is 21.7. The Bertz CT molecular complexity index is 1150. The van der Waals surface area contributed by atoms with Gasteiger partial charge in [0, 0.05) is 28.0 Å². The first-order valence-corrected chi connectivity index (χ1v) is 10.6. The van der Waals surface area contributed by atoms with Gasteiger partial charge in [0.1, 0.15) is 0 Å². The van der Waals surface area contributed by atoms with Gasteiger partial charge in [0.25, 0.3) is 15.9 Å². The number of ether oxygens (including phenoxy) is 2. The molecule has 0 unspecified atom stereocenters. The van der Waals surface area contributed by atoms with E-state index >= 15 is 0 Å². The number of rotatable bonds is 7. The van der Waals surface area contributed by atoms with Crippen molar-refractivity contribution in [1.82, 2.24) is 0 Å². The fourth-order valence-electron chi connectivity index (χ4n) is 2.63. The summed E-state index contributed by atoms with van der Waals surface area (Å²) < 4.78 is 37.9. The van der Waals surface area contributed by atoms with Crippen LogP contribution in [0.1, 0.15) is 10.4 Å². The minimum absolute atomic E-state index is 0.0279. The molecule has 9 heteroatoms. The summed E-state index contributed by atoms with van der Waals surface area (Å²) >= 11 is 5.81. The molecule has 0 aromatic heterocycles. The Morgan fingerprint density at radius 1 is 0.833 bits per heavy atom. The first-order chi connectivity index (χ1) is 14.3. The van der Waals surface area contributed by atoms with Gasteiger partial charge in [-0.15, -0.1) is 0 Å². The monoisotopic (exact) mass is 446 g/mol. The quantitative estimate of drug-likeness (QED) is 0.560. The van der Waals surface area contributed by atoms with E-state index in [1.807, 2.05) is 0 Å². The molecular formula is C21H19ClN2O5S. The lowest BCUT2D eigenvalue weighted by Crippen LogP contribution is -2.15. The van der Waals surface area contributed by atoms with E-state index in [1.165, 1.54) is 38.5 Å². The molecular weight excluding hydrogens is 428 g/mol. The van der Waals surface area contributed by atoms with Gasteiger partial charge in [0.15, 0.2) is 11.5 Å². The van der Waals surface area contributed by atoms with Crippen LogP contribution in [-0.4, -0.2) is 28.5 Å². The van der Waals surface area contributed by atoms with Crippen molar-refractivity contribution in [3.63, 3.8) is 0 Å². The zero-order valence-electron chi connectivity index (χ0n) is 16.2. The number of hydrogen-bond acceptors (Lipinski definition) is 5. The van der Waals surface area contributed by atoms with E-state index in [2.05, 4.69) is 10.0 Å². The van der Waals surface area contributed by atoms with Gasteiger partial charge in [-0.05, 0) is 60.7 Å².